The van der Waals surface area contributed by atoms with Crippen molar-refractivity contribution in [3.05, 3.63) is 42.2 Å². The summed E-state index contributed by atoms with van der Waals surface area (Å²) >= 11 is 0. The van der Waals surface area contributed by atoms with Crippen molar-refractivity contribution in [3.8, 4) is 5.88 Å². The number of hydrogen-bond donors (Lipinski definition) is 1. The van der Waals surface area contributed by atoms with E-state index in [1.165, 1.54) is 0 Å². The molecule has 1 aliphatic heterocycles. The molecule has 0 aromatic carbocycles. The lowest BCUT2D eigenvalue weighted by atomic mass is 10.2. The summed E-state index contributed by atoms with van der Waals surface area (Å²) < 4.78 is 10.3. The molecule has 0 saturated carbocycles. The minimum atomic E-state index is -0.0936. The number of amides is 1. The van der Waals surface area contributed by atoms with E-state index >= 15 is 0 Å². The second-order valence-electron chi connectivity index (χ2n) is 5.33. The number of nitrogens with zero attached hydrogens (tertiary/aromatic N) is 3. The van der Waals surface area contributed by atoms with Crippen molar-refractivity contribution in [3.63, 3.8) is 0 Å². The molecule has 0 bridgehead atoms. The molecule has 3 heterocycles. The predicted octanol–water partition coefficient (Wildman–Crippen LogP) is 1.96. The molecule has 3 rings (SSSR count). The predicted molar refractivity (Wildman–Crippen MR) is 90.6 cm³/mol. The number of methoxy groups -OCH3 is 1. The normalized spacial score (nSPS) is 13.6. The molecule has 0 saturated heterocycles. The number of nitrogens with one attached hydrogen (secondary N) is 1. The highest BCUT2D eigenvalue weighted by Crippen LogP contribution is 2.27. The topological polar surface area (TPSA) is 76.6 Å². The fourth-order valence-corrected chi connectivity index (χ4v) is 2.50. The second kappa shape index (κ2) is 7.74. The van der Waals surface area contributed by atoms with Crippen LogP contribution in [0.5, 0.6) is 5.88 Å². The van der Waals surface area contributed by atoms with Crippen molar-refractivity contribution in [2.75, 3.05) is 43.6 Å². The van der Waals surface area contributed by atoms with Gasteiger partial charge in [-0.25, -0.2) is 9.97 Å². The summed E-state index contributed by atoms with van der Waals surface area (Å²) in [5, 5.41) is 3.25. The summed E-state index contributed by atoms with van der Waals surface area (Å²) in [6.45, 7) is 2.34. The van der Waals surface area contributed by atoms with Gasteiger partial charge in [-0.15, -0.1) is 0 Å². The number of carbonyl (C=O) groups is 1. The molecule has 1 N–H and O–H groups in total. The first kappa shape index (κ1) is 16.2. The van der Waals surface area contributed by atoms with Crippen LogP contribution in [0.25, 0.3) is 0 Å². The highest BCUT2D eigenvalue weighted by molar-refractivity contribution is 6.07. The fraction of sp³-hybridized carbons (Fsp3) is 0.353. The van der Waals surface area contributed by atoms with Crippen molar-refractivity contribution in [1.29, 1.82) is 0 Å². The van der Waals surface area contributed by atoms with Crippen LogP contribution in [-0.2, 0) is 4.74 Å². The van der Waals surface area contributed by atoms with Gasteiger partial charge in [0.05, 0.1) is 17.9 Å². The molecule has 0 fully saturated rings. The number of aromatic nitrogens is 2. The molecule has 2 aromatic heterocycles. The number of fused-ring (bicyclic) bond motifs is 1. The molecule has 24 heavy (non-hydrogen) atoms. The largest absolute Gasteiger partial charge is 0.475 e. The SMILES string of the molecule is COCCOc1ccc(C(=O)N2CCCNc3ncccc32)cn1. The van der Waals surface area contributed by atoms with Crippen LogP contribution in [0.15, 0.2) is 36.7 Å². The summed E-state index contributed by atoms with van der Waals surface area (Å²) in [5.41, 5.74) is 1.31. The van der Waals surface area contributed by atoms with Gasteiger partial charge >= 0.3 is 0 Å². The Morgan fingerprint density at radius 3 is 3.00 bits per heavy atom. The Labute approximate surface area is 140 Å². The van der Waals surface area contributed by atoms with Crippen molar-refractivity contribution < 1.29 is 14.3 Å². The minimum Gasteiger partial charge on any atom is -0.475 e. The molecular weight excluding hydrogens is 308 g/mol. The molecule has 1 amide bonds. The van der Waals surface area contributed by atoms with Crippen molar-refractivity contribution in [2.24, 2.45) is 0 Å². The Bertz CT molecular complexity index is 690. The van der Waals surface area contributed by atoms with E-state index in [0.717, 1.165) is 24.5 Å². The Morgan fingerprint density at radius 1 is 1.29 bits per heavy atom. The summed E-state index contributed by atoms with van der Waals surface area (Å²) in [7, 11) is 1.61. The van der Waals surface area contributed by atoms with E-state index in [9.17, 15) is 4.79 Å². The molecule has 0 unspecified atom stereocenters. The first-order valence-corrected chi connectivity index (χ1v) is 7.88. The van der Waals surface area contributed by atoms with Crippen LogP contribution in [-0.4, -0.2) is 49.3 Å². The Hall–Kier alpha value is -2.67. The van der Waals surface area contributed by atoms with E-state index in [1.807, 2.05) is 12.1 Å². The Morgan fingerprint density at radius 2 is 2.21 bits per heavy atom. The molecular formula is C17H20N4O3. The van der Waals surface area contributed by atoms with Crippen molar-refractivity contribution in [1.82, 2.24) is 9.97 Å². The first-order chi connectivity index (χ1) is 11.8. The van der Waals surface area contributed by atoms with E-state index in [0.29, 0.717) is 31.2 Å². The molecule has 0 spiro atoms. The number of hydrogen-bond acceptors (Lipinski definition) is 6. The highest BCUT2D eigenvalue weighted by atomic mass is 16.5. The van der Waals surface area contributed by atoms with Gasteiger partial charge in [-0.05, 0) is 24.6 Å². The van der Waals surface area contributed by atoms with Gasteiger partial charge in [0.15, 0.2) is 0 Å². The van der Waals surface area contributed by atoms with E-state index in [-0.39, 0.29) is 5.91 Å². The smallest absolute Gasteiger partial charge is 0.259 e. The maximum absolute atomic E-state index is 12.9. The lowest BCUT2D eigenvalue weighted by Crippen LogP contribution is -2.31. The van der Waals surface area contributed by atoms with Crippen molar-refractivity contribution in [2.45, 2.75) is 6.42 Å². The van der Waals surface area contributed by atoms with E-state index in [1.54, 1.807) is 36.5 Å². The second-order valence-corrected chi connectivity index (χ2v) is 5.33. The third kappa shape index (κ3) is 3.62. The van der Waals surface area contributed by atoms with Gasteiger partial charge in [0.25, 0.3) is 5.91 Å². The fourth-order valence-electron chi connectivity index (χ4n) is 2.50. The lowest BCUT2D eigenvalue weighted by Gasteiger charge is -2.21. The number of ether oxygens (including phenoxy) is 2. The van der Waals surface area contributed by atoms with Gasteiger partial charge in [-0.1, -0.05) is 0 Å². The number of carbonyl (C=O) groups excluding carboxylic acids is 1. The highest BCUT2D eigenvalue weighted by Gasteiger charge is 2.23. The van der Waals surface area contributed by atoms with Crippen LogP contribution in [0, 0.1) is 0 Å². The molecule has 126 valence electrons. The molecule has 7 nitrogen and oxygen atoms in total. The van der Waals surface area contributed by atoms with Gasteiger partial charge in [0, 0.05) is 38.7 Å². The van der Waals surface area contributed by atoms with Gasteiger partial charge in [0.1, 0.15) is 12.4 Å². The molecule has 0 radical (unpaired) electrons. The van der Waals surface area contributed by atoms with E-state index in [2.05, 4.69) is 15.3 Å². The van der Waals surface area contributed by atoms with Crippen LogP contribution in [0.1, 0.15) is 16.8 Å². The quantitative estimate of drug-likeness (QED) is 0.846. The van der Waals surface area contributed by atoms with Crippen LogP contribution in [0.3, 0.4) is 0 Å². The summed E-state index contributed by atoms with van der Waals surface area (Å²) in [4.78, 5) is 23.1. The van der Waals surface area contributed by atoms with Crippen LogP contribution >= 0.6 is 0 Å². The number of rotatable bonds is 5. The number of anilines is 2. The third-order valence-corrected chi connectivity index (χ3v) is 3.69. The Kier molecular flexibility index (Phi) is 5.22. The molecule has 1 aliphatic rings. The van der Waals surface area contributed by atoms with Crippen molar-refractivity contribution >= 4 is 17.4 Å². The van der Waals surface area contributed by atoms with Gasteiger partial charge in [-0.2, -0.15) is 0 Å². The zero-order valence-electron chi connectivity index (χ0n) is 13.6. The van der Waals surface area contributed by atoms with Gasteiger partial charge < -0.3 is 19.7 Å². The van der Waals surface area contributed by atoms with Crippen LogP contribution in [0.2, 0.25) is 0 Å². The van der Waals surface area contributed by atoms with Crippen LogP contribution < -0.4 is 15.0 Å². The van der Waals surface area contributed by atoms with E-state index < -0.39 is 0 Å². The standard InChI is InChI=1S/C17H20N4O3/c1-23-10-11-24-15-6-5-13(12-20-15)17(22)21-9-3-8-19-16-14(21)4-2-7-18-16/h2,4-7,12H,3,8-11H2,1H3,(H,18,19). The number of pyridine rings is 2. The maximum Gasteiger partial charge on any atom is 0.259 e. The first-order valence-electron chi connectivity index (χ1n) is 7.88. The monoisotopic (exact) mass is 328 g/mol. The van der Waals surface area contributed by atoms with Crippen LogP contribution in [0.4, 0.5) is 11.5 Å². The minimum absolute atomic E-state index is 0.0936. The zero-order chi connectivity index (χ0) is 16.8. The molecule has 0 aliphatic carbocycles. The summed E-state index contributed by atoms with van der Waals surface area (Å²) in [5.74, 6) is 1.11. The van der Waals surface area contributed by atoms with Gasteiger partial charge in [0.2, 0.25) is 5.88 Å². The average Bonchev–Trinajstić information content (AvgIpc) is 2.84. The lowest BCUT2D eigenvalue weighted by molar-refractivity contribution is 0.0986. The van der Waals surface area contributed by atoms with E-state index in [4.69, 9.17) is 9.47 Å². The molecule has 0 atom stereocenters. The average molecular weight is 328 g/mol. The third-order valence-electron chi connectivity index (χ3n) is 3.69. The Balaban J connectivity index is 1.76. The summed E-state index contributed by atoms with van der Waals surface area (Å²) in [6.07, 6.45) is 4.11. The zero-order valence-corrected chi connectivity index (χ0v) is 13.6. The maximum atomic E-state index is 12.9. The summed E-state index contributed by atoms with van der Waals surface area (Å²) in [6, 6.07) is 7.15. The van der Waals surface area contributed by atoms with Gasteiger partial charge in [-0.3, -0.25) is 4.79 Å². The molecule has 7 heteroatoms. The molecule has 2 aromatic rings.